The molecule has 0 amide bonds. The molecule has 5 rings (SSSR count). The number of esters is 2. The fourth-order valence-electron chi connectivity index (χ4n) is 8.48. The van der Waals surface area contributed by atoms with Crippen molar-refractivity contribution in [2.24, 2.45) is 11.8 Å². The lowest BCUT2D eigenvalue weighted by Crippen LogP contribution is -2.44. The predicted molar refractivity (Wildman–Crippen MR) is 217 cm³/mol. The average molecular weight is 767 g/mol. The number of methoxy groups -OCH3 is 2. The van der Waals surface area contributed by atoms with Gasteiger partial charge in [-0.3, -0.25) is 19.4 Å². The van der Waals surface area contributed by atoms with E-state index in [4.69, 9.17) is 9.47 Å². The van der Waals surface area contributed by atoms with Crippen molar-refractivity contribution in [2.45, 2.75) is 106 Å². The first kappa shape index (κ1) is 42.1. The molecular weight excluding hydrogens is 709 g/mol. The molecule has 10 heteroatoms. The van der Waals surface area contributed by atoms with Gasteiger partial charge in [0, 0.05) is 61.3 Å². The first-order chi connectivity index (χ1) is 26.4. The molecule has 8 bridgehead atoms. The number of fused-ring (bicyclic) bond motifs is 8. The molecule has 10 nitrogen and oxygen atoms in total. The SMILES string of the molecule is COC(=O)[C@@H](C(C)C)N1Cc2cc(C)cc(c2O)Cc2cc(C)cc(c2O)CN([C@@H](C(=O)OC)C(C)C)Cc2cc(C)cc(c2O)Cc2cc(C)cc(c2O)C1. The van der Waals surface area contributed by atoms with Crippen molar-refractivity contribution in [2.75, 3.05) is 14.2 Å². The van der Waals surface area contributed by atoms with Crippen LogP contribution in [0, 0.1) is 39.5 Å². The van der Waals surface area contributed by atoms with Crippen LogP contribution in [0.15, 0.2) is 48.5 Å². The maximum absolute atomic E-state index is 13.4. The lowest BCUT2D eigenvalue weighted by molar-refractivity contribution is -0.150. The van der Waals surface area contributed by atoms with E-state index in [0.29, 0.717) is 44.5 Å². The molecule has 0 fully saturated rings. The Bertz CT molecular complexity index is 1840. The Morgan fingerprint density at radius 2 is 0.679 bits per heavy atom. The van der Waals surface area contributed by atoms with Crippen LogP contribution in [0.3, 0.4) is 0 Å². The summed E-state index contributed by atoms with van der Waals surface area (Å²) in [6.07, 6.45) is 0.417. The number of rotatable bonds is 6. The van der Waals surface area contributed by atoms with Crippen LogP contribution in [0.2, 0.25) is 0 Å². The summed E-state index contributed by atoms with van der Waals surface area (Å²) >= 11 is 0. The van der Waals surface area contributed by atoms with Crippen LogP contribution in [0.25, 0.3) is 0 Å². The highest BCUT2D eigenvalue weighted by atomic mass is 16.5. The van der Waals surface area contributed by atoms with Gasteiger partial charge < -0.3 is 29.9 Å². The normalized spacial score (nSPS) is 15.4. The van der Waals surface area contributed by atoms with Gasteiger partial charge in [0.1, 0.15) is 35.1 Å². The van der Waals surface area contributed by atoms with Gasteiger partial charge in [-0.15, -0.1) is 0 Å². The summed E-state index contributed by atoms with van der Waals surface area (Å²) < 4.78 is 10.6. The van der Waals surface area contributed by atoms with E-state index < -0.39 is 24.0 Å². The third-order valence-corrected chi connectivity index (χ3v) is 10.8. The van der Waals surface area contributed by atoms with Crippen LogP contribution in [-0.4, -0.2) is 68.5 Å². The van der Waals surface area contributed by atoms with E-state index >= 15 is 0 Å². The fourth-order valence-corrected chi connectivity index (χ4v) is 8.48. The largest absolute Gasteiger partial charge is 0.507 e. The molecular formula is C46H58N2O8. The molecule has 0 spiro atoms. The number of phenolic OH excluding ortho intramolecular Hbond substituents is 4. The molecule has 0 radical (unpaired) electrons. The second kappa shape index (κ2) is 17.4. The van der Waals surface area contributed by atoms with Gasteiger partial charge in [-0.2, -0.15) is 0 Å². The number of phenols is 4. The van der Waals surface area contributed by atoms with Gasteiger partial charge in [0.25, 0.3) is 0 Å². The number of aryl methyl sites for hydroxylation is 4. The first-order valence-corrected chi connectivity index (χ1v) is 19.3. The fraction of sp³-hybridized carbons (Fsp3) is 0.435. The Hall–Kier alpha value is -5.06. The van der Waals surface area contributed by atoms with Crippen molar-refractivity contribution in [3.8, 4) is 23.0 Å². The zero-order valence-corrected chi connectivity index (χ0v) is 34.5. The van der Waals surface area contributed by atoms with Gasteiger partial charge >= 0.3 is 11.9 Å². The Labute approximate surface area is 331 Å². The number of aromatic hydroxyl groups is 4. The molecule has 56 heavy (non-hydrogen) atoms. The lowest BCUT2D eigenvalue weighted by atomic mass is 9.92. The van der Waals surface area contributed by atoms with Crippen LogP contribution in [0.5, 0.6) is 23.0 Å². The molecule has 1 aliphatic heterocycles. The highest BCUT2D eigenvalue weighted by Gasteiger charge is 2.34. The van der Waals surface area contributed by atoms with Gasteiger partial charge in [0.15, 0.2) is 0 Å². The summed E-state index contributed by atoms with van der Waals surface area (Å²) in [5.74, 6) is -0.999. The third-order valence-electron chi connectivity index (χ3n) is 10.8. The Balaban J connectivity index is 1.79. The second-order valence-electron chi connectivity index (χ2n) is 16.3. The van der Waals surface area contributed by atoms with E-state index in [2.05, 4.69) is 0 Å². The Morgan fingerprint density at radius 3 is 0.875 bits per heavy atom. The number of carbonyl (C=O) groups is 2. The summed E-state index contributed by atoms with van der Waals surface area (Å²) in [4.78, 5) is 30.7. The van der Waals surface area contributed by atoms with E-state index in [1.54, 1.807) is 0 Å². The predicted octanol–water partition coefficient (Wildman–Crippen LogP) is 7.64. The molecule has 1 heterocycles. The Kier molecular flexibility index (Phi) is 13.1. The third kappa shape index (κ3) is 9.14. The summed E-state index contributed by atoms with van der Waals surface area (Å²) in [6, 6.07) is 13.7. The number of benzene rings is 4. The van der Waals surface area contributed by atoms with Gasteiger partial charge in [-0.1, -0.05) is 98.5 Å². The second-order valence-corrected chi connectivity index (χ2v) is 16.3. The van der Waals surface area contributed by atoms with Crippen LogP contribution < -0.4 is 0 Å². The van der Waals surface area contributed by atoms with Crippen LogP contribution >= 0.6 is 0 Å². The van der Waals surface area contributed by atoms with Crippen molar-refractivity contribution < 1.29 is 39.5 Å². The van der Waals surface area contributed by atoms with E-state index in [1.807, 2.05) is 114 Å². The quantitative estimate of drug-likeness (QED) is 0.145. The van der Waals surface area contributed by atoms with Crippen LogP contribution in [0.4, 0.5) is 0 Å². The van der Waals surface area contributed by atoms with Gasteiger partial charge in [0.2, 0.25) is 0 Å². The van der Waals surface area contributed by atoms with Gasteiger partial charge in [-0.25, -0.2) is 0 Å². The van der Waals surface area contributed by atoms with E-state index in [1.165, 1.54) is 14.2 Å². The minimum atomic E-state index is -0.709. The van der Waals surface area contributed by atoms with E-state index in [-0.39, 0.29) is 73.9 Å². The maximum atomic E-state index is 13.4. The number of carbonyl (C=O) groups excluding carboxylic acids is 2. The summed E-state index contributed by atoms with van der Waals surface area (Å²) in [5, 5.41) is 47.7. The first-order valence-electron chi connectivity index (χ1n) is 19.3. The van der Waals surface area contributed by atoms with Gasteiger partial charge in [-0.05, 0) is 61.8 Å². The summed E-state index contributed by atoms with van der Waals surface area (Å²) in [6.45, 7) is 16.2. The average Bonchev–Trinajstić information content (AvgIpc) is 3.11. The van der Waals surface area contributed by atoms with Crippen molar-refractivity contribution in [1.29, 1.82) is 0 Å². The smallest absolute Gasteiger partial charge is 0.323 e. The summed E-state index contributed by atoms with van der Waals surface area (Å²) in [7, 11) is 2.72. The van der Waals surface area contributed by atoms with Crippen molar-refractivity contribution in [1.82, 2.24) is 9.80 Å². The minimum Gasteiger partial charge on any atom is -0.507 e. The number of ether oxygens (including phenoxy) is 2. The van der Waals surface area contributed by atoms with E-state index in [9.17, 15) is 30.0 Å². The summed E-state index contributed by atoms with van der Waals surface area (Å²) in [5.41, 5.74) is 8.32. The number of hydrogen-bond donors (Lipinski definition) is 4. The molecule has 300 valence electrons. The molecule has 0 saturated carbocycles. The zero-order chi connectivity index (χ0) is 41.2. The molecule has 4 aromatic carbocycles. The molecule has 2 atom stereocenters. The molecule has 0 aromatic heterocycles. The Morgan fingerprint density at radius 1 is 0.464 bits per heavy atom. The molecule has 0 aliphatic carbocycles. The number of nitrogens with zero attached hydrogens (tertiary/aromatic N) is 2. The topological polar surface area (TPSA) is 140 Å². The lowest BCUT2D eigenvalue weighted by Gasteiger charge is -2.34. The van der Waals surface area contributed by atoms with Crippen molar-refractivity contribution in [3.63, 3.8) is 0 Å². The zero-order valence-electron chi connectivity index (χ0n) is 34.5. The molecule has 4 aromatic rings. The highest BCUT2D eigenvalue weighted by Crippen LogP contribution is 2.38. The van der Waals surface area contributed by atoms with Crippen LogP contribution in [0.1, 0.15) is 94.5 Å². The maximum Gasteiger partial charge on any atom is 0.323 e. The van der Waals surface area contributed by atoms with E-state index in [0.717, 1.165) is 22.3 Å². The van der Waals surface area contributed by atoms with Crippen LogP contribution in [-0.2, 0) is 58.1 Å². The molecule has 0 unspecified atom stereocenters. The standard InChI is InChI=1S/C46H58N2O8/c1-25(2)39(45(53)55-9)47-21-35-15-27(5)11-31(41(35)49)19-33-13-29(7)17-37(43(33)51)23-48(40(26(3)4)46(54)56-10)24-38-18-30(8)14-34(44(38)52)20-32-12-28(6)16-36(22-47)42(32)50/h11-18,25-26,39-40,49-52H,19-24H2,1-10H3/t39-,40-/m1/s1. The van der Waals surface area contributed by atoms with Crippen molar-refractivity contribution in [3.05, 3.63) is 115 Å². The van der Waals surface area contributed by atoms with Gasteiger partial charge in [0.05, 0.1) is 14.2 Å². The molecule has 0 saturated heterocycles. The van der Waals surface area contributed by atoms with Crippen molar-refractivity contribution >= 4 is 11.9 Å². The number of hydrogen-bond acceptors (Lipinski definition) is 10. The monoisotopic (exact) mass is 766 g/mol. The molecule has 1 aliphatic rings. The highest BCUT2D eigenvalue weighted by molar-refractivity contribution is 5.76. The minimum absolute atomic E-state index is 0.0514. The molecule has 4 N–H and O–H groups in total.